The van der Waals surface area contributed by atoms with Crippen molar-refractivity contribution in [1.29, 1.82) is 0 Å². The Kier molecular flexibility index (Phi) is 3.70. The van der Waals surface area contributed by atoms with Gasteiger partial charge in [0.25, 0.3) is 5.91 Å². The summed E-state index contributed by atoms with van der Waals surface area (Å²) in [6.45, 7) is 2.66. The van der Waals surface area contributed by atoms with Gasteiger partial charge in [0.05, 0.1) is 11.4 Å². The zero-order chi connectivity index (χ0) is 14.8. The maximum Gasteiger partial charge on any atom is 0.266 e. The molecule has 0 bridgehead atoms. The zero-order valence-corrected chi connectivity index (χ0v) is 12.3. The molecule has 0 atom stereocenters. The number of anilines is 2. The maximum absolute atomic E-state index is 12.4. The minimum atomic E-state index is -0.000524. The lowest BCUT2D eigenvalue weighted by atomic mass is 10.2. The highest BCUT2D eigenvalue weighted by Crippen LogP contribution is 2.28. The molecule has 0 radical (unpaired) electrons. The summed E-state index contributed by atoms with van der Waals surface area (Å²) in [4.78, 5) is 16.9. The first-order valence-corrected chi connectivity index (χ1v) is 7.70. The lowest BCUT2D eigenvalue weighted by Gasteiger charge is -2.36. The van der Waals surface area contributed by atoms with E-state index in [2.05, 4.69) is 4.90 Å². The Bertz CT molecular complexity index is 648. The van der Waals surface area contributed by atoms with Crippen molar-refractivity contribution in [2.75, 3.05) is 36.8 Å². The second-order valence-electron chi connectivity index (χ2n) is 4.97. The number of rotatable bonds is 2. The minimum absolute atomic E-state index is 0.000524. The number of hydrogen-bond donors (Lipinski definition) is 2. The fraction of sp³-hybridized carbons (Fsp3) is 0.267. The van der Waals surface area contributed by atoms with Gasteiger partial charge >= 0.3 is 0 Å². The Balaban J connectivity index is 1.67. The van der Waals surface area contributed by atoms with E-state index in [1.165, 1.54) is 11.3 Å². The lowest BCUT2D eigenvalue weighted by Crippen LogP contribution is -2.48. The van der Waals surface area contributed by atoms with Gasteiger partial charge in [-0.1, -0.05) is 12.1 Å². The highest BCUT2D eigenvalue weighted by molar-refractivity contribution is 7.12. The van der Waals surface area contributed by atoms with Crippen LogP contribution in [0.15, 0.2) is 35.7 Å². The number of nitrogens with zero attached hydrogens (tertiary/aromatic N) is 2. The molecule has 1 aromatic carbocycles. The van der Waals surface area contributed by atoms with Crippen LogP contribution in [0, 0.1) is 0 Å². The first-order valence-electron chi connectivity index (χ1n) is 6.82. The standard InChI is InChI=1S/C15H17N3O2S/c16-11-5-10-21-14(11)15(20)18-8-6-17(7-9-18)12-3-1-2-4-13(12)19/h1-5,10,19H,6-9,16H2. The van der Waals surface area contributed by atoms with Gasteiger partial charge in [0.2, 0.25) is 0 Å². The second-order valence-corrected chi connectivity index (χ2v) is 5.89. The summed E-state index contributed by atoms with van der Waals surface area (Å²) >= 11 is 1.38. The van der Waals surface area contributed by atoms with Gasteiger partial charge in [0, 0.05) is 26.2 Å². The van der Waals surface area contributed by atoms with E-state index in [9.17, 15) is 9.90 Å². The Labute approximate surface area is 127 Å². The molecule has 2 aromatic rings. The molecule has 1 saturated heterocycles. The average molecular weight is 303 g/mol. The van der Waals surface area contributed by atoms with Gasteiger partial charge in [-0.25, -0.2) is 0 Å². The molecule has 3 N–H and O–H groups in total. The summed E-state index contributed by atoms with van der Waals surface area (Å²) in [6, 6.07) is 9.04. The molecule has 1 aliphatic rings. The predicted octanol–water partition coefficient (Wildman–Crippen LogP) is 2.00. The van der Waals surface area contributed by atoms with Crippen LogP contribution in [0.4, 0.5) is 11.4 Å². The summed E-state index contributed by atoms with van der Waals surface area (Å²) in [6.07, 6.45) is 0. The number of thiophene rings is 1. The normalized spacial score (nSPS) is 15.2. The van der Waals surface area contributed by atoms with Gasteiger partial charge in [-0.05, 0) is 23.6 Å². The summed E-state index contributed by atoms with van der Waals surface area (Å²) in [5.74, 6) is 0.277. The Morgan fingerprint density at radius 1 is 1.14 bits per heavy atom. The summed E-state index contributed by atoms with van der Waals surface area (Å²) in [5.41, 5.74) is 7.17. The number of phenolic OH excluding ortho intramolecular Hbond substituents is 1. The molecule has 0 saturated carbocycles. The number of phenols is 1. The Morgan fingerprint density at radius 2 is 1.86 bits per heavy atom. The van der Waals surface area contributed by atoms with Crippen LogP contribution in [-0.2, 0) is 0 Å². The van der Waals surface area contributed by atoms with Crippen molar-refractivity contribution in [1.82, 2.24) is 4.90 Å². The van der Waals surface area contributed by atoms with E-state index in [1.807, 2.05) is 22.4 Å². The maximum atomic E-state index is 12.4. The summed E-state index contributed by atoms with van der Waals surface area (Å²) < 4.78 is 0. The first-order chi connectivity index (χ1) is 10.2. The van der Waals surface area contributed by atoms with Crippen molar-refractivity contribution in [3.63, 3.8) is 0 Å². The van der Waals surface area contributed by atoms with E-state index in [1.54, 1.807) is 18.2 Å². The van der Waals surface area contributed by atoms with Gasteiger partial charge in [-0.15, -0.1) is 11.3 Å². The third-order valence-corrected chi connectivity index (χ3v) is 4.60. The lowest BCUT2D eigenvalue weighted by molar-refractivity contribution is 0.0752. The smallest absolute Gasteiger partial charge is 0.266 e. The molecular formula is C15H17N3O2S. The fourth-order valence-electron chi connectivity index (χ4n) is 2.52. The van der Waals surface area contributed by atoms with Gasteiger partial charge in [0.15, 0.2) is 0 Å². The van der Waals surface area contributed by atoms with Crippen LogP contribution in [0.3, 0.4) is 0 Å². The summed E-state index contributed by atoms with van der Waals surface area (Å²) in [5, 5.41) is 11.7. The molecule has 6 heteroatoms. The van der Waals surface area contributed by atoms with E-state index in [4.69, 9.17) is 5.73 Å². The number of nitrogens with two attached hydrogens (primary N) is 1. The number of carbonyl (C=O) groups is 1. The van der Waals surface area contributed by atoms with Crippen molar-refractivity contribution >= 4 is 28.6 Å². The van der Waals surface area contributed by atoms with E-state index in [0.29, 0.717) is 36.7 Å². The minimum Gasteiger partial charge on any atom is -0.506 e. The van der Waals surface area contributed by atoms with Crippen molar-refractivity contribution in [2.45, 2.75) is 0 Å². The van der Waals surface area contributed by atoms with Crippen LogP contribution in [0.2, 0.25) is 0 Å². The quantitative estimate of drug-likeness (QED) is 0.890. The fourth-order valence-corrected chi connectivity index (χ4v) is 3.30. The van der Waals surface area contributed by atoms with E-state index in [-0.39, 0.29) is 11.7 Å². The topological polar surface area (TPSA) is 69.8 Å². The van der Waals surface area contributed by atoms with Crippen LogP contribution in [0.1, 0.15) is 9.67 Å². The van der Waals surface area contributed by atoms with Gasteiger partial charge < -0.3 is 20.6 Å². The highest BCUT2D eigenvalue weighted by Gasteiger charge is 2.25. The number of carbonyl (C=O) groups excluding carboxylic acids is 1. The number of para-hydroxylation sites is 2. The first kappa shape index (κ1) is 13.8. The van der Waals surface area contributed by atoms with E-state index < -0.39 is 0 Å². The molecule has 5 nitrogen and oxygen atoms in total. The molecule has 3 rings (SSSR count). The molecule has 0 aliphatic carbocycles. The van der Waals surface area contributed by atoms with Crippen LogP contribution >= 0.6 is 11.3 Å². The largest absolute Gasteiger partial charge is 0.506 e. The number of aromatic hydroxyl groups is 1. The van der Waals surface area contributed by atoms with Crippen LogP contribution < -0.4 is 10.6 Å². The third-order valence-electron chi connectivity index (χ3n) is 3.68. The van der Waals surface area contributed by atoms with Crippen LogP contribution in [-0.4, -0.2) is 42.1 Å². The highest BCUT2D eigenvalue weighted by atomic mass is 32.1. The number of nitrogen functional groups attached to an aromatic ring is 1. The van der Waals surface area contributed by atoms with Gasteiger partial charge in [0.1, 0.15) is 10.6 Å². The summed E-state index contributed by atoms with van der Waals surface area (Å²) in [7, 11) is 0. The Morgan fingerprint density at radius 3 is 2.48 bits per heavy atom. The van der Waals surface area contributed by atoms with Crippen LogP contribution in [0.5, 0.6) is 5.75 Å². The molecule has 110 valence electrons. The Hall–Kier alpha value is -2.21. The molecule has 1 aromatic heterocycles. The molecule has 1 aliphatic heterocycles. The van der Waals surface area contributed by atoms with Gasteiger partial charge in [-0.3, -0.25) is 4.79 Å². The zero-order valence-electron chi connectivity index (χ0n) is 11.5. The molecular weight excluding hydrogens is 286 g/mol. The molecule has 0 unspecified atom stereocenters. The van der Waals surface area contributed by atoms with Crippen molar-refractivity contribution in [2.24, 2.45) is 0 Å². The molecule has 1 amide bonds. The SMILES string of the molecule is Nc1ccsc1C(=O)N1CCN(c2ccccc2O)CC1. The number of benzene rings is 1. The molecule has 1 fully saturated rings. The van der Waals surface area contributed by atoms with Crippen molar-refractivity contribution in [3.05, 3.63) is 40.6 Å². The third kappa shape index (κ3) is 2.67. The van der Waals surface area contributed by atoms with Gasteiger partial charge in [-0.2, -0.15) is 0 Å². The second kappa shape index (κ2) is 5.65. The van der Waals surface area contributed by atoms with Crippen molar-refractivity contribution < 1.29 is 9.90 Å². The number of amides is 1. The van der Waals surface area contributed by atoms with E-state index >= 15 is 0 Å². The van der Waals surface area contributed by atoms with E-state index in [0.717, 1.165) is 5.69 Å². The predicted molar refractivity (Wildman–Crippen MR) is 85.0 cm³/mol. The molecule has 0 spiro atoms. The number of piperazine rings is 1. The monoisotopic (exact) mass is 303 g/mol. The number of hydrogen-bond acceptors (Lipinski definition) is 5. The molecule has 21 heavy (non-hydrogen) atoms. The van der Waals surface area contributed by atoms with Crippen molar-refractivity contribution in [3.8, 4) is 5.75 Å². The van der Waals surface area contributed by atoms with Crippen LogP contribution in [0.25, 0.3) is 0 Å². The molecule has 2 heterocycles. The average Bonchev–Trinajstić information content (AvgIpc) is 2.93.